The predicted octanol–water partition coefficient (Wildman–Crippen LogP) is 14.5. The molecule has 0 spiro atoms. The topological polar surface area (TPSA) is 0 Å². The van der Waals surface area contributed by atoms with Gasteiger partial charge in [-0.3, -0.25) is 0 Å². The molecule has 11 aromatic rings. The molecule has 3 heteroatoms. The van der Waals surface area contributed by atoms with Gasteiger partial charge in [-0.25, -0.2) is 0 Å². The first kappa shape index (κ1) is 29.4. The van der Waals surface area contributed by atoms with E-state index in [-0.39, 0.29) is 14.5 Å². The Morgan fingerprint density at radius 1 is 0.333 bits per heavy atom. The summed E-state index contributed by atoms with van der Waals surface area (Å²) in [4.78, 5) is 0. The van der Waals surface area contributed by atoms with Crippen LogP contribution in [-0.4, -0.2) is 14.5 Å². The van der Waals surface area contributed by atoms with Gasteiger partial charge in [0, 0.05) is 0 Å². The van der Waals surface area contributed by atoms with Crippen LogP contribution in [0.5, 0.6) is 0 Å². The Morgan fingerprint density at radius 3 is 1.22 bits per heavy atom. The molecule has 8 aromatic carbocycles. The maximum atomic E-state index is 2.49. The Morgan fingerprint density at radius 2 is 0.765 bits per heavy atom. The van der Waals surface area contributed by atoms with Crippen LogP contribution in [0, 0.1) is 0 Å². The van der Waals surface area contributed by atoms with Crippen LogP contribution in [0.1, 0.15) is 0 Å². The van der Waals surface area contributed by atoms with Gasteiger partial charge in [0.05, 0.1) is 0 Å². The van der Waals surface area contributed by atoms with E-state index in [1.807, 2.05) is 0 Å². The van der Waals surface area contributed by atoms with Crippen molar-refractivity contribution in [3.63, 3.8) is 0 Å². The van der Waals surface area contributed by atoms with E-state index in [1.54, 1.807) is 22.7 Å². The van der Waals surface area contributed by atoms with Crippen LogP contribution in [0.25, 0.3) is 107 Å². The van der Waals surface area contributed by atoms with E-state index >= 15 is 0 Å². The van der Waals surface area contributed by atoms with Crippen LogP contribution >= 0.6 is 22.7 Å². The molecule has 0 fully saturated rings. The van der Waals surface area contributed by atoms with Gasteiger partial charge in [-0.2, -0.15) is 0 Å². The average Bonchev–Trinajstić information content (AvgIpc) is 3.98. The maximum absolute atomic E-state index is 2.49. The molecule has 0 saturated carbocycles. The van der Waals surface area contributed by atoms with Crippen molar-refractivity contribution < 1.29 is 0 Å². The van der Waals surface area contributed by atoms with Crippen molar-refractivity contribution in [3.8, 4) is 44.5 Å². The average molecular weight is 748 g/mol. The number of rotatable bonds is 4. The van der Waals surface area contributed by atoms with E-state index in [0.717, 1.165) is 0 Å². The molecule has 51 heavy (non-hydrogen) atoms. The van der Waals surface area contributed by atoms with Crippen molar-refractivity contribution >= 4 is 99.6 Å². The van der Waals surface area contributed by atoms with E-state index in [2.05, 4.69) is 167 Å². The van der Waals surface area contributed by atoms with Gasteiger partial charge >= 0.3 is 311 Å². The van der Waals surface area contributed by atoms with E-state index < -0.39 is 0 Å². The molecule has 0 amide bonds. The molecule has 238 valence electrons. The summed E-state index contributed by atoms with van der Waals surface area (Å²) in [7, 11) is 0. The molecule has 0 atom stereocenters. The van der Waals surface area contributed by atoms with Crippen LogP contribution in [0.2, 0.25) is 0 Å². The SMILES string of the molecule is c1ccc2c(-c3ccc4[se]c5c(-c6c7ccccc7c(-c7ccsc7)c7ccccc67)cccc5c4c3)c3ccccc3c(-c3ccsc3)c2c1. The minimum absolute atomic E-state index is 0.182. The van der Waals surface area contributed by atoms with Crippen molar-refractivity contribution in [1.29, 1.82) is 0 Å². The summed E-state index contributed by atoms with van der Waals surface area (Å²) in [6, 6.07) is 54.8. The summed E-state index contributed by atoms with van der Waals surface area (Å²) >= 11 is 3.71. The van der Waals surface area contributed by atoms with Crippen molar-refractivity contribution in [2.45, 2.75) is 0 Å². The first-order chi connectivity index (χ1) is 25.3. The van der Waals surface area contributed by atoms with Crippen molar-refractivity contribution in [2.24, 2.45) is 0 Å². The number of benzene rings is 8. The molecule has 0 aliphatic rings. The molecule has 0 aliphatic heterocycles. The fraction of sp³-hybridized carbons (Fsp3) is 0. The Balaban J connectivity index is 1.19. The van der Waals surface area contributed by atoms with E-state index in [9.17, 15) is 0 Å². The molecule has 0 unspecified atom stereocenters. The summed E-state index contributed by atoms with van der Waals surface area (Å²) in [5.74, 6) is 0. The van der Waals surface area contributed by atoms with Gasteiger partial charge in [0.1, 0.15) is 0 Å². The van der Waals surface area contributed by atoms with Gasteiger partial charge in [-0.15, -0.1) is 0 Å². The summed E-state index contributed by atoms with van der Waals surface area (Å²) in [5.41, 5.74) is 10.6. The summed E-state index contributed by atoms with van der Waals surface area (Å²) in [6.45, 7) is 0. The van der Waals surface area contributed by atoms with Crippen molar-refractivity contribution in [3.05, 3.63) is 167 Å². The van der Waals surface area contributed by atoms with E-state index in [4.69, 9.17) is 0 Å². The van der Waals surface area contributed by atoms with Crippen LogP contribution < -0.4 is 0 Å². The minimum atomic E-state index is 0.182. The zero-order valence-corrected chi connectivity index (χ0v) is 30.7. The van der Waals surface area contributed by atoms with Gasteiger partial charge in [-0.1, -0.05) is 0 Å². The standard InChI is InChI=1S/C48H28S2Se/c1-3-12-34-32(10-1)44(33-11-2-4-13-35(33)45(34)30-22-24-49-27-30)29-20-21-43-42(26-29)40-18-9-19-41(48(40)51-43)47-38-16-7-5-14-36(38)46(31-23-25-50-28-31)37-15-6-8-17-39(37)47/h1-28H. The third kappa shape index (κ3) is 4.43. The summed E-state index contributed by atoms with van der Waals surface area (Å²) in [5, 5.41) is 22.2. The molecule has 0 nitrogen and oxygen atoms in total. The Labute approximate surface area is 309 Å². The van der Waals surface area contributed by atoms with Gasteiger partial charge in [0.2, 0.25) is 0 Å². The molecule has 0 saturated heterocycles. The third-order valence-corrected chi connectivity index (χ3v) is 14.5. The Hall–Kier alpha value is -5.28. The zero-order valence-electron chi connectivity index (χ0n) is 27.4. The molecule has 0 aliphatic carbocycles. The second kappa shape index (κ2) is 11.6. The molecule has 0 bridgehead atoms. The number of hydrogen-bond acceptors (Lipinski definition) is 2. The van der Waals surface area contributed by atoms with Crippen LogP contribution in [0.4, 0.5) is 0 Å². The molecular weight excluding hydrogens is 720 g/mol. The quantitative estimate of drug-likeness (QED) is 0.124. The van der Waals surface area contributed by atoms with Crippen molar-refractivity contribution in [2.75, 3.05) is 0 Å². The second-order valence-electron chi connectivity index (χ2n) is 13.2. The molecular formula is C48H28S2Se. The van der Waals surface area contributed by atoms with Gasteiger partial charge < -0.3 is 0 Å². The number of hydrogen-bond donors (Lipinski definition) is 0. The first-order valence-electron chi connectivity index (χ1n) is 17.2. The van der Waals surface area contributed by atoms with Crippen LogP contribution in [0.3, 0.4) is 0 Å². The van der Waals surface area contributed by atoms with Crippen molar-refractivity contribution in [1.82, 2.24) is 0 Å². The van der Waals surface area contributed by atoms with Gasteiger partial charge in [0.15, 0.2) is 0 Å². The molecule has 3 aromatic heterocycles. The summed E-state index contributed by atoms with van der Waals surface area (Å²) in [6.07, 6.45) is 0. The summed E-state index contributed by atoms with van der Waals surface area (Å²) < 4.78 is 2.94. The predicted molar refractivity (Wildman–Crippen MR) is 226 cm³/mol. The molecule has 3 heterocycles. The second-order valence-corrected chi connectivity index (χ2v) is 17.0. The first-order valence-corrected chi connectivity index (χ1v) is 20.8. The third-order valence-electron chi connectivity index (χ3n) is 10.5. The van der Waals surface area contributed by atoms with E-state index in [1.165, 1.54) is 107 Å². The molecule has 0 radical (unpaired) electrons. The molecule has 11 rings (SSSR count). The normalized spacial score (nSPS) is 11.9. The number of fused-ring (bicyclic) bond motifs is 7. The zero-order chi connectivity index (χ0) is 33.5. The fourth-order valence-electron chi connectivity index (χ4n) is 8.44. The van der Waals surface area contributed by atoms with Gasteiger partial charge in [-0.05, 0) is 0 Å². The fourth-order valence-corrected chi connectivity index (χ4v) is 12.3. The number of thiophene rings is 2. The van der Waals surface area contributed by atoms with Gasteiger partial charge in [0.25, 0.3) is 0 Å². The monoisotopic (exact) mass is 748 g/mol. The van der Waals surface area contributed by atoms with Crippen LogP contribution in [0.15, 0.2) is 167 Å². The molecule has 0 N–H and O–H groups in total. The van der Waals surface area contributed by atoms with Crippen LogP contribution in [-0.2, 0) is 0 Å². The Bertz CT molecular complexity index is 3010. The Kier molecular flexibility index (Phi) is 6.72. The van der Waals surface area contributed by atoms with E-state index in [0.29, 0.717) is 0 Å².